The van der Waals surface area contributed by atoms with E-state index in [1.807, 2.05) is 4.90 Å². The summed E-state index contributed by atoms with van der Waals surface area (Å²) < 4.78 is 1.52. The number of amides is 1. The number of hydrogen-bond donors (Lipinski definition) is 0. The summed E-state index contributed by atoms with van der Waals surface area (Å²) in [6.07, 6.45) is 7.97. The number of fused-ring (bicyclic) bond motifs is 3. The third-order valence-corrected chi connectivity index (χ3v) is 7.44. The van der Waals surface area contributed by atoms with Gasteiger partial charge in [0.1, 0.15) is 11.4 Å². The van der Waals surface area contributed by atoms with Crippen LogP contribution in [0.4, 0.5) is 0 Å². The van der Waals surface area contributed by atoms with Crippen molar-refractivity contribution in [2.75, 3.05) is 13.1 Å². The maximum absolute atomic E-state index is 13.1. The standard InChI is InChI=1S/C21H29N3O2S/c1-21(2,3)14-7-8-15-16(11-14)27-19-18(15)20(26)24(13-22-19)12-17(25)23-9-5-4-6-10-23/h13-14H,4-12H2,1-3H3/t14-/m0/s1. The number of piperidine rings is 1. The van der Waals surface area contributed by atoms with E-state index in [1.54, 1.807) is 17.7 Å². The number of carbonyl (C=O) groups excluding carboxylic acids is 1. The molecule has 2 aromatic rings. The van der Waals surface area contributed by atoms with E-state index in [0.29, 0.717) is 5.92 Å². The summed E-state index contributed by atoms with van der Waals surface area (Å²) in [5.41, 5.74) is 1.42. The third kappa shape index (κ3) is 3.56. The lowest BCUT2D eigenvalue weighted by molar-refractivity contribution is -0.132. The SMILES string of the molecule is CC(C)(C)[C@H]1CCc2c(sc3ncn(CC(=O)N4CCCCC4)c(=O)c23)C1. The van der Waals surface area contributed by atoms with Crippen LogP contribution in [0, 0.1) is 11.3 Å². The van der Waals surface area contributed by atoms with Gasteiger partial charge in [-0.2, -0.15) is 0 Å². The first-order valence-electron chi connectivity index (χ1n) is 10.1. The lowest BCUT2D eigenvalue weighted by atomic mass is 9.72. The average Bonchev–Trinajstić information content (AvgIpc) is 3.02. The first kappa shape index (κ1) is 18.7. The average molecular weight is 388 g/mol. The zero-order chi connectivity index (χ0) is 19.2. The molecule has 0 spiro atoms. The molecule has 1 aliphatic carbocycles. The second-order valence-corrected chi connectivity index (χ2v) is 10.2. The normalized spacial score (nSPS) is 20.7. The van der Waals surface area contributed by atoms with Gasteiger partial charge in [0.25, 0.3) is 5.56 Å². The van der Waals surface area contributed by atoms with Crippen LogP contribution in [0.15, 0.2) is 11.1 Å². The predicted octanol–water partition coefficient (Wildman–Crippen LogP) is 3.62. The van der Waals surface area contributed by atoms with Crippen LogP contribution < -0.4 is 5.56 Å². The van der Waals surface area contributed by atoms with Crippen LogP contribution in [0.3, 0.4) is 0 Å². The molecule has 1 saturated heterocycles. The van der Waals surface area contributed by atoms with Crippen molar-refractivity contribution >= 4 is 27.5 Å². The second-order valence-electron chi connectivity index (χ2n) is 9.11. The van der Waals surface area contributed by atoms with Crippen molar-refractivity contribution in [3.05, 3.63) is 27.1 Å². The van der Waals surface area contributed by atoms with Crippen molar-refractivity contribution in [3.8, 4) is 0 Å². The molecule has 0 bridgehead atoms. The molecule has 0 aromatic carbocycles. The molecule has 0 N–H and O–H groups in total. The van der Waals surface area contributed by atoms with Gasteiger partial charge in [0.15, 0.2) is 0 Å². The highest BCUT2D eigenvalue weighted by Crippen LogP contribution is 2.41. The number of hydrogen-bond acceptors (Lipinski definition) is 4. The van der Waals surface area contributed by atoms with Crippen LogP contribution in [0.25, 0.3) is 10.2 Å². The van der Waals surface area contributed by atoms with Gasteiger partial charge in [-0.05, 0) is 55.4 Å². The number of carbonyl (C=O) groups is 1. The van der Waals surface area contributed by atoms with Gasteiger partial charge in [-0.3, -0.25) is 14.2 Å². The molecule has 146 valence electrons. The molecular formula is C21H29N3O2S. The summed E-state index contributed by atoms with van der Waals surface area (Å²) in [6.45, 7) is 8.63. The van der Waals surface area contributed by atoms with Gasteiger partial charge in [-0.1, -0.05) is 20.8 Å². The van der Waals surface area contributed by atoms with E-state index in [-0.39, 0.29) is 23.4 Å². The van der Waals surface area contributed by atoms with Crippen molar-refractivity contribution in [2.24, 2.45) is 11.3 Å². The van der Waals surface area contributed by atoms with Crippen LogP contribution in [0.1, 0.15) is 56.9 Å². The molecule has 0 unspecified atom stereocenters. The Morgan fingerprint density at radius 3 is 2.70 bits per heavy atom. The van der Waals surface area contributed by atoms with Crippen molar-refractivity contribution in [1.29, 1.82) is 0 Å². The monoisotopic (exact) mass is 387 g/mol. The Morgan fingerprint density at radius 2 is 2.00 bits per heavy atom. The first-order valence-corrected chi connectivity index (χ1v) is 10.9. The molecule has 5 nitrogen and oxygen atoms in total. The number of likely N-dealkylation sites (tertiary alicyclic amines) is 1. The second kappa shape index (κ2) is 7.04. The van der Waals surface area contributed by atoms with Crippen molar-refractivity contribution in [1.82, 2.24) is 14.5 Å². The predicted molar refractivity (Wildman–Crippen MR) is 109 cm³/mol. The van der Waals surface area contributed by atoms with E-state index in [1.165, 1.54) is 21.4 Å². The van der Waals surface area contributed by atoms with E-state index in [0.717, 1.165) is 55.4 Å². The Bertz CT molecular complexity index is 916. The minimum atomic E-state index is -0.0444. The summed E-state index contributed by atoms with van der Waals surface area (Å²) >= 11 is 1.67. The molecule has 27 heavy (non-hydrogen) atoms. The highest BCUT2D eigenvalue weighted by molar-refractivity contribution is 7.18. The van der Waals surface area contributed by atoms with E-state index in [4.69, 9.17) is 0 Å². The molecule has 1 aliphatic heterocycles. The van der Waals surface area contributed by atoms with Crippen LogP contribution in [-0.4, -0.2) is 33.4 Å². The Balaban J connectivity index is 1.63. The maximum atomic E-state index is 13.1. The van der Waals surface area contributed by atoms with E-state index in [9.17, 15) is 9.59 Å². The van der Waals surface area contributed by atoms with E-state index < -0.39 is 0 Å². The van der Waals surface area contributed by atoms with E-state index >= 15 is 0 Å². The van der Waals surface area contributed by atoms with Gasteiger partial charge < -0.3 is 4.90 Å². The summed E-state index contributed by atoms with van der Waals surface area (Å²) in [4.78, 5) is 34.3. The highest BCUT2D eigenvalue weighted by Gasteiger charge is 2.31. The smallest absolute Gasteiger partial charge is 0.262 e. The highest BCUT2D eigenvalue weighted by atomic mass is 32.1. The Hall–Kier alpha value is -1.69. The number of aryl methyl sites for hydroxylation is 1. The molecule has 6 heteroatoms. The number of aromatic nitrogens is 2. The number of rotatable bonds is 2. The van der Waals surface area contributed by atoms with Gasteiger partial charge in [0, 0.05) is 18.0 Å². The van der Waals surface area contributed by atoms with Gasteiger partial charge in [-0.25, -0.2) is 4.98 Å². The molecular weight excluding hydrogens is 358 g/mol. The Morgan fingerprint density at radius 1 is 1.26 bits per heavy atom. The van der Waals surface area contributed by atoms with E-state index in [2.05, 4.69) is 25.8 Å². The molecule has 4 rings (SSSR count). The van der Waals surface area contributed by atoms with Crippen LogP contribution in [0.5, 0.6) is 0 Å². The van der Waals surface area contributed by atoms with Gasteiger partial charge in [-0.15, -0.1) is 11.3 Å². The van der Waals surface area contributed by atoms with Gasteiger partial charge in [0.2, 0.25) is 5.91 Å². The fourth-order valence-corrected chi connectivity index (χ4v) is 5.70. The first-order chi connectivity index (χ1) is 12.8. The molecule has 0 radical (unpaired) electrons. The number of nitrogens with zero attached hydrogens (tertiary/aromatic N) is 3. The topological polar surface area (TPSA) is 55.2 Å². The molecule has 1 fully saturated rings. The fourth-order valence-electron chi connectivity index (χ4n) is 4.44. The van der Waals surface area contributed by atoms with Crippen LogP contribution in [0.2, 0.25) is 0 Å². The lowest BCUT2D eigenvalue weighted by Gasteiger charge is -2.33. The largest absolute Gasteiger partial charge is 0.341 e. The fraction of sp³-hybridized carbons (Fsp3) is 0.667. The van der Waals surface area contributed by atoms with Gasteiger partial charge in [0.05, 0.1) is 11.7 Å². The third-order valence-electron chi connectivity index (χ3n) is 6.27. The van der Waals surface area contributed by atoms with Gasteiger partial charge >= 0.3 is 0 Å². The van der Waals surface area contributed by atoms with Crippen molar-refractivity contribution < 1.29 is 4.79 Å². The summed E-state index contributed by atoms with van der Waals surface area (Å²) in [7, 11) is 0. The van der Waals surface area contributed by atoms with Crippen LogP contribution in [-0.2, 0) is 24.2 Å². The molecule has 2 aromatic heterocycles. The summed E-state index contributed by atoms with van der Waals surface area (Å²) in [5.74, 6) is 0.677. The zero-order valence-electron chi connectivity index (χ0n) is 16.6. The Kier molecular flexibility index (Phi) is 4.87. The van der Waals surface area contributed by atoms with Crippen molar-refractivity contribution in [2.45, 2.75) is 65.8 Å². The quantitative estimate of drug-likeness (QED) is 0.791. The zero-order valence-corrected chi connectivity index (χ0v) is 17.4. The molecule has 1 amide bonds. The van der Waals surface area contributed by atoms with Crippen molar-refractivity contribution in [3.63, 3.8) is 0 Å². The Labute approximate surface area is 164 Å². The summed E-state index contributed by atoms with van der Waals surface area (Å²) in [6, 6.07) is 0. The van der Waals surface area contributed by atoms with Crippen LogP contribution >= 0.6 is 11.3 Å². The molecule has 1 atom stereocenters. The number of thiophene rings is 1. The minimum Gasteiger partial charge on any atom is -0.341 e. The maximum Gasteiger partial charge on any atom is 0.262 e. The summed E-state index contributed by atoms with van der Waals surface area (Å²) in [5, 5.41) is 0.760. The minimum absolute atomic E-state index is 0.0369. The lowest BCUT2D eigenvalue weighted by Crippen LogP contribution is -2.39. The molecule has 2 aliphatic rings. The molecule has 3 heterocycles. The molecule has 0 saturated carbocycles.